The summed E-state index contributed by atoms with van der Waals surface area (Å²) in [7, 11) is 3.23. The lowest BCUT2D eigenvalue weighted by Crippen LogP contribution is -2.19. The molecule has 0 rings (SSSR count). The van der Waals surface area contributed by atoms with E-state index in [9.17, 15) is 9.90 Å². The molecule has 0 fully saturated rings. The van der Waals surface area contributed by atoms with Gasteiger partial charge in [-0.3, -0.25) is 11.3 Å². The molecule has 6 heteroatoms. The highest BCUT2D eigenvalue weighted by Gasteiger charge is 2.17. The van der Waals surface area contributed by atoms with E-state index in [-0.39, 0.29) is 0 Å². The Morgan fingerprint density at radius 2 is 1.64 bits per heavy atom. The third-order valence-electron chi connectivity index (χ3n) is 2.70. The molecule has 0 amide bonds. The van der Waals surface area contributed by atoms with Crippen LogP contribution in [0.15, 0.2) is 10.2 Å². The molecule has 22 heavy (non-hydrogen) atoms. The van der Waals surface area contributed by atoms with Gasteiger partial charge in [-0.1, -0.05) is 39.5 Å². The van der Waals surface area contributed by atoms with Crippen molar-refractivity contribution in [1.29, 1.82) is 0 Å². The molecule has 0 bridgehead atoms. The van der Waals surface area contributed by atoms with Crippen LogP contribution in [0.25, 0.3) is 0 Å². The standard InChI is InChI=1S/C8H18N2O.C7H14O.CH6N2/c1-4-5-6-7-8(2,11)10-9-3;1-3-4-5-6-7(2)8;1-3-2/h11H,4-7H2,1-3H3;3-6H2,1-2H3;3H,2H2,1H3/b10-9+;;. The summed E-state index contributed by atoms with van der Waals surface area (Å²) in [5, 5.41) is 16.8. The second-order valence-corrected chi connectivity index (χ2v) is 5.42. The van der Waals surface area contributed by atoms with Crippen molar-refractivity contribution in [3.05, 3.63) is 0 Å². The van der Waals surface area contributed by atoms with E-state index in [2.05, 4.69) is 35.3 Å². The smallest absolute Gasteiger partial charge is 0.173 e. The van der Waals surface area contributed by atoms with Crippen LogP contribution in [-0.4, -0.2) is 30.7 Å². The van der Waals surface area contributed by atoms with Gasteiger partial charge in [0.05, 0.1) is 0 Å². The number of unbranched alkanes of at least 4 members (excludes halogenated alkanes) is 4. The highest BCUT2D eigenvalue weighted by Crippen LogP contribution is 2.15. The number of hydrazine groups is 1. The summed E-state index contributed by atoms with van der Waals surface area (Å²) in [5.74, 6) is 4.92. The van der Waals surface area contributed by atoms with E-state index in [0.29, 0.717) is 12.2 Å². The highest BCUT2D eigenvalue weighted by atomic mass is 16.3. The van der Waals surface area contributed by atoms with Gasteiger partial charge in [-0.15, -0.1) is 0 Å². The van der Waals surface area contributed by atoms with Crippen molar-refractivity contribution in [1.82, 2.24) is 5.43 Å². The Morgan fingerprint density at radius 3 is 2.00 bits per heavy atom. The Morgan fingerprint density at radius 1 is 1.18 bits per heavy atom. The minimum absolute atomic E-state index is 0.318. The van der Waals surface area contributed by atoms with Crippen LogP contribution in [0.1, 0.15) is 79.1 Å². The van der Waals surface area contributed by atoms with E-state index in [1.165, 1.54) is 19.3 Å². The van der Waals surface area contributed by atoms with Gasteiger partial charge < -0.3 is 9.90 Å². The SMILES string of the molecule is CCCCCC(C)(O)/N=N/C.CCCCCC(C)=O.CNN. The van der Waals surface area contributed by atoms with Crippen LogP contribution in [0.2, 0.25) is 0 Å². The quantitative estimate of drug-likeness (QED) is 0.262. The molecular formula is C16H38N4O2. The minimum Gasteiger partial charge on any atom is -0.368 e. The molecule has 0 aromatic heterocycles. The van der Waals surface area contributed by atoms with E-state index in [1.807, 2.05) is 0 Å². The summed E-state index contributed by atoms with van der Waals surface area (Å²) < 4.78 is 0. The van der Waals surface area contributed by atoms with E-state index in [0.717, 1.165) is 25.7 Å². The molecule has 0 aliphatic rings. The van der Waals surface area contributed by atoms with Gasteiger partial charge in [0.1, 0.15) is 5.78 Å². The largest absolute Gasteiger partial charge is 0.368 e. The van der Waals surface area contributed by atoms with Gasteiger partial charge in [0.15, 0.2) is 5.72 Å². The maximum atomic E-state index is 10.3. The molecule has 0 heterocycles. The van der Waals surface area contributed by atoms with Crippen LogP contribution in [0.4, 0.5) is 0 Å². The zero-order chi connectivity index (χ0) is 17.9. The molecule has 0 saturated heterocycles. The van der Waals surface area contributed by atoms with Gasteiger partial charge in [0.25, 0.3) is 0 Å². The molecule has 6 nitrogen and oxygen atoms in total. The molecule has 0 aliphatic heterocycles. The molecule has 134 valence electrons. The number of ketones is 1. The topological polar surface area (TPSA) is 100 Å². The Bertz CT molecular complexity index is 257. The van der Waals surface area contributed by atoms with Crippen LogP contribution < -0.4 is 11.3 Å². The van der Waals surface area contributed by atoms with Crippen LogP contribution in [0.5, 0.6) is 0 Å². The fraction of sp³-hybridized carbons (Fsp3) is 0.938. The predicted molar refractivity (Wildman–Crippen MR) is 93.6 cm³/mol. The zero-order valence-corrected chi connectivity index (χ0v) is 15.5. The second kappa shape index (κ2) is 20.1. The normalized spacial score (nSPS) is 12.7. The Hall–Kier alpha value is -0.850. The van der Waals surface area contributed by atoms with Gasteiger partial charge in [0, 0.05) is 13.5 Å². The molecule has 0 radical (unpaired) electrons. The maximum Gasteiger partial charge on any atom is 0.173 e. The molecular weight excluding hydrogens is 280 g/mol. The number of aliphatic hydroxyl groups is 1. The summed E-state index contributed by atoms with van der Waals surface area (Å²) in [5.41, 5.74) is 1.31. The van der Waals surface area contributed by atoms with Crippen molar-refractivity contribution >= 4 is 5.78 Å². The van der Waals surface area contributed by atoms with Crippen LogP contribution >= 0.6 is 0 Å². The van der Waals surface area contributed by atoms with Crippen molar-refractivity contribution in [3.8, 4) is 0 Å². The Labute approximate surface area is 136 Å². The summed E-state index contributed by atoms with van der Waals surface area (Å²) in [6.45, 7) is 7.61. The van der Waals surface area contributed by atoms with Gasteiger partial charge in [0.2, 0.25) is 0 Å². The van der Waals surface area contributed by atoms with Gasteiger partial charge in [-0.25, -0.2) is 0 Å². The lowest BCUT2D eigenvalue weighted by atomic mass is 10.1. The van der Waals surface area contributed by atoms with Crippen LogP contribution in [-0.2, 0) is 4.79 Å². The van der Waals surface area contributed by atoms with Gasteiger partial charge >= 0.3 is 0 Å². The Kier molecular flexibility index (Phi) is 23.9. The second-order valence-electron chi connectivity index (χ2n) is 5.42. The lowest BCUT2D eigenvalue weighted by Gasteiger charge is -2.15. The van der Waals surface area contributed by atoms with Crippen molar-refractivity contribution in [3.63, 3.8) is 0 Å². The predicted octanol–water partition coefficient (Wildman–Crippen LogP) is 3.59. The average Bonchev–Trinajstić information content (AvgIpc) is 2.40. The monoisotopic (exact) mass is 318 g/mol. The maximum absolute atomic E-state index is 10.3. The first-order valence-corrected chi connectivity index (χ1v) is 8.21. The third-order valence-corrected chi connectivity index (χ3v) is 2.70. The van der Waals surface area contributed by atoms with E-state index in [1.54, 1.807) is 27.9 Å². The fourth-order valence-corrected chi connectivity index (χ4v) is 1.60. The average molecular weight is 319 g/mol. The minimum atomic E-state index is -0.941. The number of rotatable bonds is 9. The number of nitrogens with one attached hydrogen (secondary N) is 1. The van der Waals surface area contributed by atoms with E-state index < -0.39 is 5.72 Å². The number of carbonyl (C=O) groups excluding carboxylic acids is 1. The van der Waals surface area contributed by atoms with E-state index in [4.69, 9.17) is 0 Å². The summed E-state index contributed by atoms with van der Waals surface area (Å²) in [4.78, 5) is 10.3. The van der Waals surface area contributed by atoms with E-state index >= 15 is 0 Å². The molecule has 1 unspecified atom stereocenters. The summed E-state index contributed by atoms with van der Waals surface area (Å²) in [6, 6.07) is 0. The molecule has 4 N–H and O–H groups in total. The molecule has 0 aliphatic carbocycles. The summed E-state index contributed by atoms with van der Waals surface area (Å²) >= 11 is 0. The van der Waals surface area contributed by atoms with Crippen molar-refractivity contribution < 1.29 is 9.90 Å². The number of hydrogen-bond acceptors (Lipinski definition) is 6. The van der Waals surface area contributed by atoms with Gasteiger partial charge in [-0.2, -0.15) is 10.2 Å². The van der Waals surface area contributed by atoms with Crippen LogP contribution in [0.3, 0.4) is 0 Å². The highest BCUT2D eigenvalue weighted by molar-refractivity contribution is 5.75. The third kappa shape index (κ3) is 31.5. The molecule has 0 spiro atoms. The number of azo groups is 1. The van der Waals surface area contributed by atoms with Crippen molar-refractivity contribution in [2.45, 2.75) is 84.8 Å². The Balaban J connectivity index is -0.000000288. The van der Waals surface area contributed by atoms with Crippen LogP contribution in [0, 0.1) is 0 Å². The molecule has 0 saturated carbocycles. The van der Waals surface area contributed by atoms with Gasteiger partial charge in [-0.05, 0) is 40.2 Å². The first-order valence-electron chi connectivity index (χ1n) is 8.21. The number of Topliss-reactive ketones (excluding diaryl/α,β-unsaturated/α-hetero) is 1. The molecule has 0 aromatic carbocycles. The number of nitrogens with zero attached hydrogens (tertiary/aromatic N) is 2. The molecule has 1 atom stereocenters. The zero-order valence-electron chi connectivity index (χ0n) is 15.5. The number of carbonyl (C=O) groups is 1. The lowest BCUT2D eigenvalue weighted by molar-refractivity contribution is -0.117. The van der Waals surface area contributed by atoms with Crippen molar-refractivity contribution in [2.75, 3.05) is 14.1 Å². The fourth-order valence-electron chi connectivity index (χ4n) is 1.60. The first-order chi connectivity index (χ1) is 10.3. The number of nitrogens with two attached hydrogens (primary N) is 1. The molecule has 0 aromatic rings. The number of hydrogen-bond donors (Lipinski definition) is 3. The summed E-state index contributed by atoms with van der Waals surface area (Å²) in [6.07, 6.45) is 8.28. The van der Waals surface area contributed by atoms with Crippen molar-refractivity contribution in [2.24, 2.45) is 16.1 Å². The first kappa shape index (κ1) is 26.1.